The van der Waals surface area contributed by atoms with Gasteiger partial charge in [0.15, 0.2) is 5.82 Å². The molecule has 3 rings (SSSR count). The SMILES string of the molecule is COc1ncccc1Nc1nc(NCCN2CCCC2)nc(C(Cl)(Cl)Cl)n1. The molecule has 1 saturated heterocycles. The van der Waals surface area contributed by atoms with Crippen LogP contribution in [-0.4, -0.2) is 58.1 Å². The van der Waals surface area contributed by atoms with Crippen LogP contribution in [0.5, 0.6) is 5.88 Å². The van der Waals surface area contributed by atoms with Crippen molar-refractivity contribution >= 4 is 52.4 Å². The van der Waals surface area contributed by atoms with E-state index in [2.05, 4.69) is 35.5 Å². The van der Waals surface area contributed by atoms with Crippen LogP contribution in [0.3, 0.4) is 0 Å². The van der Waals surface area contributed by atoms with Gasteiger partial charge in [-0.15, -0.1) is 0 Å². The Bertz CT molecular complexity index is 766. The van der Waals surface area contributed by atoms with Crippen LogP contribution in [0, 0.1) is 0 Å². The van der Waals surface area contributed by atoms with Gasteiger partial charge in [0.05, 0.1) is 7.11 Å². The highest BCUT2D eigenvalue weighted by molar-refractivity contribution is 6.66. The van der Waals surface area contributed by atoms with Crippen LogP contribution in [0.4, 0.5) is 17.6 Å². The van der Waals surface area contributed by atoms with Gasteiger partial charge in [-0.25, -0.2) is 4.98 Å². The third kappa shape index (κ3) is 5.68. The Hall–Kier alpha value is -1.61. The maximum atomic E-state index is 5.98. The fourth-order valence-electron chi connectivity index (χ4n) is 2.74. The number of anilines is 3. The number of ether oxygens (including phenoxy) is 1. The van der Waals surface area contributed by atoms with E-state index >= 15 is 0 Å². The zero-order valence-corrected chi connectivity index (χ0v) is 17.0. The van der Waals surface area contributed by atoms with E-state index in [1.807, 2.05) is 0 Å². The predicted molar refractivity (Wildman–Crippen MR) is 107 cm³/mol. The van der Waals surface area contributed by atoms with E-state index < -0.39 is 3.79 Å². The predicted octanol–water partition coefficient (Wildman–Crippen LogP) is 3.35. The molecule has 27 heavy (non-hydrogen) atoms. The van der Waals surface area contributed by atoms with Gasteiger partial charge in [0.1, 0.15) is 5.69 Å². The van der Waals surface area contributed by atoms with Gasteiger partial charge in [0.25, 0.3) is 0 Å². The number of hydrogen-bond acceptors (Lipinski definition) is 8. The van der Waals surface area contributed by atoms with E-state index in [4.69, 9.17) is 39.5 Å². The Kier molecular flexibility index (Phi) is 6.75. The van der Waals surface area contributed by atoms with E-state index in [0.717, 1.165) is 19.6 Å². The number of hydrogen-bond donors (Lipinski definition) is 2. The molecule has 8 nitrogen and oxygen atoms in total. The zero-order chi connectivity index (χ0) is 19.3. The van der Waals surface area contributed by atoms with Crippen molar-refractivity contribution < 1.29 is 4.74 Å². The molecule has 1 fully saturated rings. The second kappa shape index (κ2) is 9.05. The lowest BCUT2D eigenvalue weighted by molar-refractivity contribution is 0.352. The summed E-state index contributed by atoms with van der Waals surface area (Å²) < 4.78 is 3.45. The van der Waals surface area contributed by atoms with Crippen molar-refractivity contribution in [3.63, 3.8) is 0 Å². The van der Waals surface area contributed by atoms with E-state index in [1.165, 1.54) is 20.0 Å². The molecule has 0 radical (unpaired) electrons. The molecule has 0 saturated carbocycles. The van der Waals surface area contributed by atoms with Gasteiger partial charge in [-0.3, -0.25) is 0 Å². The minimum atomic E-state index is -1.77. The summed E-state index contributed by atoms with van der Waals surface area (Å²) in [7, 11) is 1.53. The second-order valence-corrected chi connectivity index (χ2v) is 8.25. The van der Waals surface area contributed by atoms with Crippen molar-refractivity contribution in [3.05, 3.63) is 24.2 Å². The second-order valence-electron chi connectivity index (χ2n) is 5.96. The van der Waals surface area contributed by atoms with Crippen molar-refractivity contribution in [1.82, 2.24) is 24.8 Å². The summed E-state index contributed by atoms with van der Waals surface area (Å²) in [5.74, 6) is 0.977. The highest BCUT2D eigenvalue weighted by Crippen LogP contribution is 2.36. The largest absolute Gasteiger partial charge is 0.480 e. The Morgan fingerprint density at radius 2 is 1.89 bits per heavy atom. The van der Waals surface area contributed by atoms with Crippen LogP contribution in [0.15, 0.2) is 18.3 Å². The van der Waals surface area contributed by atoms with Crippen LogP contribution < -0.4 is 15.4 Å². The van der Waals surface area contributed by atoms with Gasteiger partial charge < -0.3 is 20.3 Å². The minimum absolute atomic E-state index is 0.0246. The molecule has 0 bridgehead atoms. The molecular weight excluding hydrogens is 413 g/mol. The molecule has 0 atom stereocenters. The molecule has 11 heteroatoms. The maximum Gasteiger partial charge on any atom is 0.250 e. The molecule has 0 aromatic carbocycles. The highest BCUT2D eigenvalue weighted by Gasteiger charge is 2.28. The first-order chi connectivity index (χ1) is 13.0. The van der Waals surface area contributed by atoms with E-state index in [0.29, 0.717) is 24.1 Å². The molecule has 3 heterocycles. The maximum absolute atomic E-state index is 5.98. The third-order valence-electron chi connectivity index (χ3n) is 4.01. The molecule has 146 valence electrons. The van der Waals surface area contributed by atoms with Gasteiger partial charge in [-0.1, -0.05) is 34.8 Å². The smallest absolute Gasteiger partial charge is 0.250 e. The van der Waals surface area contributed by atoms with Crippen LogP contribution in [0.1, 0.15) is 18.7 Å². The molecule has 0 amide bonds. The van der Waals surface area contributed by atoms with Gasteiger partial charge in [0, 0.05) is 19.3 Å². The Labute approximate surface area is 172 Å². The van der Waals surface area contributed by atoms with Gasteiger partial charge in [-0.05, 0) is 38.1 Å². The number of likely N-dealkylation sites (tertiary alicyclic amines) is 1. The minimum Gasteiger partial charge on any atom is -0.480 e. The van der Waals surface area contributed by atoms with E-state index in [1.54, 1.807) is 18.3 Å². The lowest BCUT2D eigenvalue weighted by Gasteiger charge is -2.16. The van der Waals surface area contributed by atoms with Crippen LogP contribution >= 0.6 is 34.8 Å². The number of nitrogens with one attached hydrogen (secondary N) is 2. The first-order valence-electron chi connectivity index (χ1n) is 8.51. The van der Waals surface area contributed by atoms with Crippen LogP contribution in [0.25, 0.3) is 0 Å². The van der Waals surface area contributed by atoms with Crippen molar-refractivity contribution in [1.29, 1.82) is 0 Å². The topological polar surface area (TPSA) is 88.1 Å². The molecule has 2 N–H and O–H groups in total. The number of halogens is 3. The highest BCUT2D eigenvalue weighted by atomic mass is 35.6. The molecule has 2 aromatic rings. The number of nitrogens with zero attached hydrogens (tertiary/aromatic N) is 5. The molecule has 1 aliphatic rings. The lowest BCUT2D eigenvalue weighted by Crippen LogP contribution is -2.26. The number of aromatic nitrogens is 4. The van der Waals surface area contributed by atoms with Crippen molar-refractivity contribution in [3.8, 4) is 5.88 Å². The van der Waals surface area contributed by atoms with Gasteiger partial charge >= 0.3 is 0 Å². The molecular formula is C16H20Cl3N7O. The standard InChI is InChI=1S/C16H20Cl3N7O/c1-27-12-11(5-4-6-20-12)22-15-24-13(16(17,18)19)23-14(25-15)21-7-10-26-8-2-3-9-26/h4-6H,2-3,7-10H2,1H3,(H2,21,22,23,24,25). The molecule has 0 unspecified atom stereocenters. The monoisotopic (exact) mass is 431 g/mol. The summed E-state index contributed by atoms with van der Waals surface area (Å²) in [6, 6.07) is 3.54. The average molecular weight is 433 g/mol. The van der Waals surface area contributed by atoms with Crippen LogP contribution in [0.2, 0.25) is 0 Å². The summed E-state index contributed by atoms with van der Waals surface area (Å²) in [5.41, 5.74) is 0.587. The molecule has 0 spiro atoms. The quantitative estimate of drug-likeness (QED) is 0.644. The Morgan fingerprint density at radius 1 is 1.15 bits per heavy atom. The third-order valence-corrected chi connectivity index (χ3v) is 4.52. The molecule has 0 aliphatic carbocycles. The molecule has 2 aromatic heterocycles. The Morgan fingerprint density at radius 3 is 2.59 bits per heavy atom. The van der Waals surface area contributed by atoms with Crippen LogP contribution in [-0.2, 0) is 3.79 Å². The van der Waals surface area contributed by atoms with E-state index in [9.17, 15) is 0 Å². The first-order valence-corrected chi connectivity index (χ1v) is 9.64. The van der Waals surface area contributed by atoms with Crippen molar-refractivity contribution in [2.24, 2.45) is 0 Å². The summed E-state index contributed by atoms with van der Waals surface area (Å²) in [4.78, 5) is 19.3. The summed E-state index contributed by atoms with van der Waals surface area (Å²) in [5, 5.41) is 6.20. The number of alkyl halides is 3. The zero-order valence-electron chi connectivity index (χ0n) is 14.8. The van der Waals surface area contributed by atoms with Crippen molar-refractivity contribution in [2.45, 2.75) is 16.6 Å². The van der Waals surface area contributed by atoms with E-state index in [-0.39, 0.29) is 11.8 Å². The average Bonchev–Trinajstić information content (AvgIpc) is 3.15. The summed E-state index contributed by atoms with van der Waals surface area (Å²) in [6.07, 6.45) is 4.10. The number of pyridine rings is 1. The number of rotatable bonds is 7. The number of methoxy groups -OCH3 is 1. The lowest BCUT2D eigenvalue weighted by atomic mass is 10.4. The summed E-state index contributed by atoms with van der Waals surface area (Å²) in [6.45, 7) is 3.81. The Balaban J connectivity index is 1.77. The summed E-state index contributed by atoms with van der Waals surface area (Å²) >= 11 is 17.9. The fourth-order valence-corrected chi connectivity index (χ4v) is 2.99. The van der Waals surface area contributed by atoms with Gasteiger partial charge in [0.2, 0.25) is 21.6 Å². The van der Waals surface area contributed by atoms with Crippen molar-refractivity contribution in [2.75, 3.05) is 43.9 Å². The first kappa shape index (κ1) is 20.1. The molecule has 1 aliphatic heterocycles. The fraction of sp³-hybridized carbons (Fsp3) is 0.500. The normalized spacial score (nSPS) is 15.0. The van der Waals surface area contributed by atoms with Gasteiger partial charge in [-0.2, -0.15) is 15.0 Å².